The van der Waals surface area contributed by atoms with E-state index in [4.69, 9.17) is 4.74 Å². The van der Waals surface area contributed by atoms with Gasteiger partial charge in [-0.3, -0.25) is 14.5 Å². The van der Waals surface area contributed by atoms with Gasteiger partial charge in [0.25, 0.3) is 0 Å². The summed E-state index contributed by atoms with van der Waals surface area (Å²) in [4.78, 5) is 24.2. The van der Waals surface area contributed by atoms with Crippen LogP contribution in [-0.4, -0.2) is 38.2 Å². The van der Waals surface area contributed by atoms with E-state index in [1.54, 1.807) is 10.7 Å². The van der Waals surface area contributed by atoms with E-state index < -0.39 is 17.9 Å². The molecule has 2 aliphatic rings. The van der Waals surface area contributed by atoms with E-state index >= 15 is 0 Å². The van der Waals surface area contributed by atoms with Crippen LogP contribution in [0.5, 0.6) is 5.75 Å². The largest absolute Gasteiger partial charge is 0.496 e. The Morgan fingerprint density at radius 3 is 2.64 bits per heavy atom. The van der Waals surface area contributed by atoms with Crippen LogP contribution in [0.25, 0.3) is 22.4 Å². The number of ether oxygens (including phenoxy) is 1. The number of carboxylic acids is 1. The molecule has 2 aromatic heterocycles. The van der Waals surface area contributed by atoms with Gasteiger partial charge in [0.05, 0.1) is 30.6 Å². The van der Waals surface area contributed by atoms with E-state index in [0.29, 0.717) is 27.3 Å². The molecule has 1 saturated heterocycles. The molecule has 1 atom stereocenters. The molecule has 5 rings (SSSR count). The number of benzene rings is 1. The number of methoxy groups -OCH3 is 1. The highest BCUT2D eigenvalue weighted by molar-refractivity contribution is 5.88. The molecule has 33 heavy (non-hydrogen) atoms. The lowest BCUT2D eigenvalue weighted by Gasteiger charge is -2.44. The number of aromatic carboxylic acids is 1. The van der Waals surface area contributed by atoms with Gasteiger partial charge in [-0.05, 0) is 44.4 Å². The van der Waals surface area contributed by atoms with E-state index in [2.05, 4.69) is 24.0 Å². The molecule has 10 heteroatoms. The summed E-state index contributed by atoms with van der Waals surface area (Å²) in [5.74, 6) is -0.840. The second kappa shape index (κ2) is 7.16. The molecule has 0 amide bonds. The Bertz CT molecular complexity index is 1340. The molecule has 0 radical (unpaired) electrons. The number of rotatable bonds is 4. The molecule has 8 nitrogen and oxygen atoms in total. The third kappa shape index (κ3) is 3.12. The number of nitrogens with zero attached hydrogens (tertiary/aromatic N) is 4. The van der Waals surface area contributed by atoms with Crippen molar-refractivity contribution in [1.82, 2.24) is 14.5 Å². The van der Waals surface area contributed by atoms with Crippen LogP contribution >= 0.6 is 0 Å². The Morgan fingerprint density at radius 2 is 2.00 bits per heavy atom. The first-order chi connectivity index (χ1) is 15.6. The van der Waals surface area contributed by atoms with Crippen molar-refractivity contribution in [1.29, 1.82) is 0 Å². The summed E-state index contributed by atoms with van der Waals surface area (Å²) >= 11 is 0. The first-order valence-electron chi connectivity index (χ1n) is 10.5. The minimum absolute atomic E-state index is 0.0959. The summed E-state index contributed by atoms with van der Waals surface area (Å²) in [6.45, 7) is 1.38. The molecule has 1 aromatic carbocycles. The Morgan fingerprint density at radius 1 is 1.24 bits per heavy atom. The molecule has 3 aromatic rings. The zero-order valence-electron chi connectivity index (χ0n) is 18.2. The molecule has 172 valence electrons. The Labute approximate surface area is 187 Å². The molecule has 0 saturated carbocycles. The van der Waals surface area contributed by atoms with Gasteiger partial charge in [0.1, 0.15) is 11.3 Å². The second-order valence-electron chi connectivity index (χ2n) is 8.92. The fourth-order valence-corrected chi connectivity index (χ4v) is 5.01. The first-order valence-corrected chi connectivity index (χ1v) is 10.5. The summed E-state index contributed by atoms with van der Waals surface area (Å²) in [7, 11) is 1.48. The monoisotopic (exact) mass is 456 g/mol. The number of carbonyl (C=O) groups is 1. The van der Waals surface area contributed by atoms with Crippen molar-refractivity contribution in [2.24, 2.45) is 0 Å². The van der Waals surface area contributed by atoms with E-state index in [1.165, 1.54) is 31.8 Å². The molecule has 2 aliphatic heterocycles. The number of aromatic nitrogens is 3. The van der Waals surface area contributed by atoms with Gasteiger partial charge < -0.3 is 9.84 Å². The number of carboxylic acid groups (broad SMARTS) is 1. The third-order valence-electron chi connectivity index (χ3n) is 6.56. The quantitative estimate of drug-likeness (QED) is 0.637. The topological polar surface area (TPSA) is 89.6 Å². The SMILES string of the molecule is COc1cc2c(cc1-c1cnn(C(F)F)c1)C1CCC(C)(C)N1n1cc(C(=O)O)c(=O)cc1-2. The highest BCUT2D eigenvalue weighted by Crippen LogP contribution is 2.50. The van der Waals surface area contributed by atoms with Gasteiger partial charge in [0.2, 0.25) is 0 Å². The van der Waals surface area contributed by atoms with E-state index in [0.717, 1.165) is 24.0 Å². The minimum atomic E-state index is -2.75. The Kier molecular flexibility index (Phi) is 4.59. The molecule has 0 aliphatic carbocycles. The molecule has 4 heterocycles. The van der Waals surface area contributed by atoms with E-state index in [1.807, 2.05) is 6.07 Å². The fraction of sp³-hybridized carbons (Fsp3) is 0.348. The fourth-order valence-electron chi connectivity index (χ4n) is 5.01. The molecule has 1 N–H and O–H groups in total. The van der Waals surface area contributed by atoms with Crippen LogP contribution in [0.4, 0.5) is 8.78 Å². The van der Waals surface area contributed by atoms with Crippen molar-refractivity contribution in [2.75, 3.05) is 12.1 Å². The van der Waals surface area contributed by atoms with Crippen molar-refractivity contribution < 1.29 is 23.4 Å². The van der Waals surface area contributed by atoms with Crippen LogP contribution in [-0.2, 0) is 0 Å². The number of halogens is 2. The molecule has 1 fully saturated rings. The number of pyridine rings is 1. The van der Waals surface area contributed by atoms with Gasteiger partial charge in [-0.15, -0.1) is 0 Å². The maximum Gasteiger partial charge on any atom is 0.341 e. The van der Waals surface area contributed by atoms with Gasteiger partial charge in [0.15, 0.2) is 5.43 Å². The van der Waals surface area contributed by atoms with Crippen molar-refractivity contribution in [3.63, 3.8) is 0 Å². The zero-order valence-corrected chi connectivity index (χ0v) is 18.2. The van der Waals surface area contributed by atoms with Crippen molar-refractivity contribution in [3.05, 3.63) is 58.1 Å². The summed E-state index contributed by atoms with van der Waals surface area (Å²) in [6, 6.07) is 4.92. The van der Waals surface area contributed by atoms with Crippen LogP contribution in [0.1, 0.15) is 55.2 Å². The summed E-state index contributed by atoms with van der Waals surface area (Å²) in [5, 5.41) is 15.3. The Balaban J connectivity index is 1.78. The number of fused-ring (bicyclic) bond motifs is 6. The third-order valence-corrected chi connectivity index (χ3v) is 6.56. The van der Waals surface area contributed by atoms with E-state index in [9.17, 15) is 23.5 Å². The molecule has 0 bridgehead atoms. The van der Waals surface area contributed by atoms with Crippen LogP contribution in [0.15, 0.2) is 41.6 Å². The molecule has 1 unspecified atom stereocenters. The standard InChI is InChI=1S/C23H22F2N4O4/c1-23(2)5-4-17-14-6-13(12-9-26-27(10-12)22(24)25)20(33-3)7-15(14)18-8-19(30)16(21(31)32)11-28(18)29(17)23/h6-11,17,22H,4-5H2,1-3H3,(H,31,32). The predicted octanol–water partition coefficient (Wildman–Crippen LogP) is 4.05. The summed E-state index contributed by atoms with van der Waals surface area (Å²) in [6.07, 6.45) is 5.67. The van der Waals surface area contributed by atoms with Crippen LogP contribution in [0, 0.1) is 0 Å². The van der Waals surface area contributed by atoms with Gasteiger partial charge in [-0.2, -0.15) is 13.9 Å². The van der Waals surface area contributed by atoms with Crippen molar-refractivity contribution in [2.45, 2.75) is 44.8 Å². The molecular formula is C23H22F2N4O4. The smallest absolute Gasteiger partial charge is 0.341 e. The van der Waals surface area contributed by atoms with Crippen LogP contribution in [0.3, 0.4) is 0 Å². The highest BCUT2D eigenvalue weighted by atomic mass is 19.3. The predicted molar refractivity (Wildman–Crippen MR) is 116 cm³/mol. The summed E-state index contributed by atoms with van der Waals surface area (Å²) in [5.41, 5.74) is 2.13. The van der Waals surface area contributed by atoms with Crippen molar-refractivity contribution >= 4 is 5.97 Å². The van der Waals surface area contributed by atoms with Crippen LogP contribution in [0.2, 0.25) is 0 Å². The van der Waals surface area contributed by atoms with Gasteiger partial charge in [0, 0.05) is 35.2 Å². The van der Waals surface area contributed by atoms with Crippen LogP contribution < -0.4 is 15.2 Å². The van der Waals surface area contributed by atoms with Gasteiger partial charge in [-0.1, -0.05) is 0 Å². The number of hydrogen-bond donors (Lipinski definition) is 1. The number of alkyl halides is 2. The lowest BCUT2D eigenvalue weighted by atomic mass is 9.90. The average Bonchev–Trinajstić information content (AvgIpc) is 3.37. The van der Waals surface area contributed by atoms with Crippen molar-refractivity contribution in [3.8, 4) is 28.1 Å². The molecular weight excluding hydrogens is 434 g/mol. The zero-order chi connectivity index (χ0) is 23.7. The lowest BCUT2D eigenvalue weighted by molar-refractivity contribution is 0.0566. The van der Waals surface area contributed by atoms with E-state index in [-0.39, 0.29) is 17.1 Å². The maximum atomic E-state index is 13.1. The maximum absolute atomic E-state index is 13.1. The first kappa shape index (κ1) is 21.2. The average molecular weight is 456 g/mol. The lowest BCUT2D eigenvalue weighted by Crippen LogP contribution is -2.50. The Hall–Kier alpha value is -3.69. The minimum Gasteiger partial charge on any atom is -0.496 e. The van der Waals surface area contributed by atoms with Gasteiger partial charge in [-0.25, -0.2) is 9.48 Å². The summed E-state index contributed by atoms with van der Waals surface area (Å²) < 4.78 is 34.1. The molecule has 0 spiro atoms. The number of hydrogen-bond acceptors (Lipinski definition) is 5. The highest BCUT2D eigenvalue weighted by Gasteiger charge is 2.45. The second-order valence-corrected chi connectivity index (χ2v) is 8.92. The normalized spacial score (nSPS) is 18.1. The van der Waals surface area contributed by atoms with Gasteiger partial charge >= 0.3 is 12.5 Å².